The molecule has 0 radical (unpaired) electrons. The van der Waals surface area contributed by atoms with Crippen molar-refractivity contribution in [3.63, 3.8) is 0 Å². The number of piperidine rings is 1. The highest BCUT2D eigenvalue weighted by atomic mass is 16.4. The number of fused-ring (bicyclic) bond motifs is 1. The quantitative estimate of drug-likeness (QED) is 0.721. The number of likely N-dealkylation sites (tertiary alicyclic amines) is 1. The van der Waals surface area contributed by atoms with Crippen LogP contribution in [0.25, 0.3) is 11.0 Å². The fraction of sp³-hybridized carbons (Fsp3) is 0.364. The fourth-order valence-electron chi connectivity index (χ4n) is 4.01. The maximum atomic E-state index is 12.0. The lowest BCUT2D eigenvalue weighted by Crippen LogP contribution is -2.33. The van der Waals surface area contributed by atoms with Crippen LogP contribution in [0.15, 0.2) is 56.6 Å². The zero-order chi connectivity index (χ0) is 18.8. The van der Waals surface area contributed by atoms with Crippen LogP contribution in [0.2, 0.25) is 0 Å². The van der Waals surface area contributed by atoms with E-state index in [1.54, 1.807) is 18.3 Å². The van der Waals surface area contributed by atoms with E-state index in [4.69, 9.17) is 4.42 Å². The Balaban J connectivity index is 1.52. The van der Waals surface area contributed by atoms with Gasteiger partial charge in [-0.3, -0.25) is 9.69 Å². The normalized spacial score (nSPS) is 16.0. The zero-order valence-electron chi connectivity index (χ0n) is 15.5. The standard InChI is InChI=1S/C22H24N2O3/c1-2-15-3-4-20-19(11-15)18(13-22(26)27-20)14-24-9-6-16(7-10-24)17-5-8-23-21(25)12-17/h3-5,8,11-13,16H,2,6-7,9-10,14H2,1H3,(H,23,25). The van der Waals surface area contributed by atoms with Crippen LogP contribution in [0.3, 0.4) is 0 Å². The molecule has 0 saturated carbocycles. The number of hydrogen-bond acceptors (Lipinski definition) is 4. The third-order valence-corrected chi connectivity index (χ3v) is 5.55. The van der Waals surface area contributed by atoms with Crippen molar-refractivity contribution in [2.24, 2.45) is 0 Å². The number of aromatic amines is 1. The van der Waals surface area contributed by atoms with Crippen molar-refractivity contribution >= 4 is 11.0 Å². The van der Waals surface area contributed by atoms with Crippen molar-refractivity contribution in [1.82, 2.24) is 9.88 Å². The summed E-state index contributed by atoms with van der Waals surface area (Å²) in [7, 11) is 0. The first-order chi connectivity index (χ1) is 13.1. The predicted molar refractivity (Wildman–Crippen MR) is 106 cm³/mol. The van der Waals surface area contributed by atoms with Crippen LogP contribution in [-0.4, -0.2) is 23.0 Å². The van der Waals surface area contributed by atoms with Gasteiger partial charge in [0.25, 0.3) is 0 Å². The topological polar surface area (TPSA) is 66.3 Å². The second kappa shape index (κ2) is 7.53. The van der Waals surface area contributed by atoms with E-state index in [1.165, 1.54) is 5.56 Å². The van der Waals surface area contributed by atoms with Crippen LogP contribution in [-0.2, 0) is 13.0 Å². The molecule has 1 aromatic carbocycles. The van der Waals surface area contributed by atoms with Crippen molar-refractivity contribution in [2.45, 2.75) is 38.6 Å². The van der Waals surface area contributed by atoms with Gasteiger partial charge in [-0.05, 0) is 73.2 Å². The first-order valence-corrected chi connectivity index (χ1v) is 9.59. The third kappa shape index (κ3) is 3.88. The number of aromatic nitrogens is 1. The van der Waals surface area contributed by atoms with Crippen molar-refractivity contribution in [2.75, 3.05) is 13.1 Å². The molecule has 2 aromatic heterocycles. The SMILES string of the molecule is CCc1ccc2oc(=O)cc(CN3CCC(c4cc[nH]c(=O)c4)CC3)c2c1. The van der Waals surface area contributed by atoms with E-state index in [2.05, 4.69) is 22.9 Å². The minimum Gasteiger partial charge on any atom is -0.423 e. The Kier molecular flexibility index (Phi) is 4.94. The molecule has 3 heterocycles. The third-order valence-electron chi connectivity index (χ3n) is 5.55. The molecule has 27 heavy (non-hydrogen) atoms. The van der Waals surface area contributed by atoms with E-state index in [1.807, 2.05) is 18.2 Å². The number of hydrogen-bond donors (Lipinski definition) is 1. The highest BCUT2D eigenvalue weighted by Crippen LogP contribution is 2.28. The van der Waals surface area contributed by atoms with Gasteiger partial charge in [0.2, 0.25) is 5.56 Å². The Morgan fingerprint density at radius 3 is 2.67 bits per heavy atom. The lowest BCUT2D eigenvalue weighted by atomic mass is 9.90. The average Bonchev–Trinajstić information content (AvgIpc) is 2.68. The highest BCUT2D eigenvalue weighted by molar-refractivity contribution is 5.80. The number of aryl methyl sites for hydroxylation is 1. The minimum atomic E-state index is -0.292. The van der Waals surface area contributed by atoms with Crippen LogP contribution in [0.4, 0.5) is 0 Å². The molecule has 3 aromatic rings. The van der Waals surface area contributed by atoms with Gasteiger partial charge in [-0.1, -0.05) is 13.0 Å². The first kappa shape index (κ1) is 17.7. The summed E-state index contributed by atoms with van der Waals surface area (Å²) in [6, 6.07) is 11.4. The monoisotopic (exact) mass is 364 g/mol. The van der Waals surface area contributed by atoms with Crippen LogP contribution in [0.5, 0.6) is 0 Å². The summed E-state index contributed by atoms with van der Waals surface area (Å²) in [4.78, 5) is 28.6. The summed E-state index contributed by atoms with van der Waals surface area (Å²) in [6.07, 6.45) is 4.72. The van der Waals surface area contributed by atoms with Crippen molar-refractivity contribution in [3.8, 4) is 0 Å². The molecule has 4 rings (SSSR count). The van der Waals surface area contributed by atoms with E-state index < -0.39 is 0 Å². The molecule has 0 atom stereocenters. The fourth-order valence-corrected chi connectivity index (χ4v) is 4.01. The molecule has 0 aliphatic carbocycles. The maximum absolute atomic E-state index is 12.0. The number of nitrogens with one attached hydrogen (secondary N) is 1. The van der Waals surface area contributed by atoms with Crippen LogP contribution >= 0.6 is 0 Å². The Morgan fingerprint density at radius 1 is 1.11 bits per heavy atom. The molecular weight excluding hydrogens is 340 g/mol. The Hall–Kier alpha value is -2.66. The summed E-state index contributed by atoms with van der Waals surface area (Å²) >= 11 is 0. The molecule has 1 saturated heterocycles. The maximum Gasteiger partial charge on any atom is 0.336 e. The van der Waals surface area contributed by atoms with Gasteiger partial charge in [-0.15, -0.1) is 0 Å². The number of H-pyrrole nitrogens is 1. The number of rotatable bonds is 4. The van der Waals surface area contributed by atoms with Gasteiger partial charge < -0.3 is 9.40 Å². The minimum absolute atomic E-state index is 0.0378. The molecule has 0 spiro atoms. The summed E-state index contributed by atoms with van der Waals surface area (Å²) < 4.78 is 5.37. The average molecular weight is 364 g/mol. The van der Waals surface area contributed by atoms with E-state index in [-0.39, 0.29) is 11.2 Å². The van der Waals surface area contributed by atoms with Crippen molar-refractivity contribution in [3.05, 3.63) is 80.1 Å². The van der Waals surface area contributed by atoms with Gasteiger partial charge in [-0.25, -0.2) is 4.79 Å². The lowest BCUT2D eigenvalue weighted by Gasteiger charge is -2.32. The molecule has 1 N–H and O–H groups in total. The Bertz CT molecular complexity index is 1060. The molecule has 0 bridgehead atoms. The Labute approximate surface area is 157 Å². The smallest absolute Gasteiger partial charge is 0.336 e. The van der Waals surface area contributed by atoms with Crippen LogP contribution in [0.1, 0.15) is 42.4 Å². The molecule has 1 aliphatic heterocycles. The van der Waals surface area contributed by atoms with E-state index in [0.717, 1.165) is 55.4 Å². The van der Waals surface area contributed by atoms with Crippen LogP contribution < -0.4 is 11.2 Å². The van der Waals surface area contributed by atoms with Gasteiger partial charge >= 0.3 is 5.63 Å². The summed E-state index contributed by atoms with van der Waals surface area (Å²) in [6.45, 7) is 4.77. The van der Waals surface area contributed by atoms with Gasteiger partial charge in [0.05, 0.1) is 0 Å². The van der Waals surface area contributed by atoms with E-state index in [0.29, 0.717) is 11.5 Å². The number of nitrogens with zero attached hydrogens (tertiary/aromatic N) is 1. The molecule has 1 aliphatic rings. The first-order valence-electron chi connectivity index (χ1n) is 9.59. The molecule has 0 unspecified atom stereocenters. The van der Waals surface area contributed by atoms with Gasteiger partial charge in [0, 0.05) is 30.3 Å². The molecule has 5 nitrogen and oxygen atoms in total. The van der Waals surface area contributed by atoms with Gasteiger partial charge in [0.1, 0.15) is 5.58 Å². The van der Waals surface area contributed by atoms with Crippen molar-refractivity contribution in [1.29, 1.82) is 0 Å². The molecule has 5 heteroatoms. The number of pyridine rings is 1. The van der Waals surface area contributed by atoms with Crippen molar-refractivity contribution < 1.29 is 4.42 Å². The lowest BCUT2D eigenvalue weighted by molar-refractivity contribution is 0.205. The predicted octanol–water partition coefficient (Wildman–Crippen LogP) is 3.42. The van der Waals surface area contributed by atoms with Gasteiger partial charge in [0.15, 0.2) is 0 Å². The second-order valence-electron chi connectivity index (χ2n) is 7.31. The molecular formula is C22H24N2O3. The Morgan fingerprint density at radius 2 is 1.93 bits per heavy atom. The summed E-state index contributed by atoms with van der Waals surface area (Å²) in [5.74, 6) is 0.424. The van der Waals surface area contributed by atoms with E-state index >= 15 is 0 Å². The van der Waals surface area contributed by atoms with E-state index in [9.17, 15) is 9.59 Å². The van der Waals surface area contributed by atoms with Crippen LogP contribution in [0, 0.1) is 0 Å². The highest BCUT2D eigenvalue weighted by Gasteiger charge is 2.21. The molecule has 0 amide bonds. The summed E-state index contributed by atoms with van der Waals surface area (Å²) in [5, 5.41) is 1.03. The second-order valence-corrected chi connectivity index (χ2v) is 7.31. The number of benzene rings is 1. The largest absolute Gasteiger partial charge is 0.423 e. The zero-order valence-corrected chi connectivity index (χ0v) is 15.5. The molecule has 140 valence electrons. The summed E-state index contributed by atoms with van der Waals surface area (Å²) in [5.41, 5.74) is 3.73. The van der Waals surface area contributed by atoms with Gasteiger partial charge in [-0.2, -0.15) is 0 Å². The molecule has 1 fully saturated rings.